The molecule has 17 heavy (non-hydrogen) atoms. The average molecular weight is 241 g/mol. The van der Waals surface area contributed by atoms with Crippen LogP contribution in [0.15, 0.2) is 0 Å². The average Bonchev–Trinajstić information content (AvgIpc) is 2.35. The van der Waals surface area contributed by atoms with E-state index in [0.717, 1.165) is 13.1 Å². The van der Waals surface area contributed by atoms with Crippen LogP contribution >= 0.6 is 0 Å². The van der Waals surface area contributed by atoms with Gasteiger partial charge in [-0.1, -0.05) is 59.3 Å². The third kappa shape index (κ3) is 12.2. The van der Waals surface area contributed by atoms with Gasteiger partial charge in [0.2, 0.25) is 0 Å². The Morgan fingerprint density at radius 1 is 0.647 bits per heavy atom. The van der Waals surface area contributed by atoms with Crippen LogP contribution < -0.4 is 10.6 Å². The van der Waals surface area contributed by atoms with Crippen molar-refractivity contribution in [2.24, 2.45) is 0 Å². The molecule has 0 aliphatic rings. The second-order valence-corrected chi connectivity index (χ2v) is 4.85. The van der Waals surface area contributed by atoms with Gasteiger partial charge >= 0.3 is 0 Å². The minimum absolute atomic E-state index is 1.13. The highest BCUT2D eigenvalue weighted by molar-refractivity contribution is 4.83. The van der Waals surface area contributed by atoms with E-state index in [2.05, 4.69) is 31.4 Å². The van der Waals surface area contributed by atoms with Crippen molar-refractivity contribution in [3.63, 3.8) is 0 Å². The van der Waals surface area contributed by atoms with Crippen molar-refractivity contribution in [2.45, 2.75) is 78.6 Å². The SMILES string of the molecule is CCCCCN[C](CCCC)NCCCCC. The lowest BCUT2D eigenvalue weighted by atomic mass is 10.2. The normalized spacial score (nSPS) is 11.3. The molecule has 103 valence electrons. The Kier molecular flexibility index (Phi) is 13.9. The molecule has 0 amide bonds. The molecule has 0 aliphatic heterocycles. The maximum atomic E-state index is 3.57. The summed E-state index contributed by atoms with van der Waals surface area (Å²) in [4.78, 5) is 0. The molecule has 0 saturated carbocycles. The molecule has 0 saturated heterocycles. The Morgan fingerprint density at radius 3 is 1.53 bits per heavy atom. The molecule has 0 bridgehead atoms. The highest BCUT2D eigenvalue weighted by Gasteiger charge is 2.06. The van der Waals surface area contributed by atoms with Crippen LogP contribution in [0.4, 0.5) is 0 Å². The van der Waals surface area contributed by atoms with Crippen LogP contribution in [0.2, 0.25) is 0 Å². The molecule has 0 spiro atoms. The molecular weight excluding hydrogens is 208 g/mol. The van der Waals surface area contributed by atoms with Crippen molar-refractivity contribution in [1.29, 1.82) is 0 Å². The summed E-state index contributed by atoms with van der Waals surface area (Å²) in [5.41, 5.74) is 0. The van der Waals surface area contributed by atoms with Gasteiger partial charge in [0.05, 0.1) is 0 Å². The van der Waals surface area contributed by atoms with E-state index >= 15 is 0 Å². The summed E-state index contributed by atoms with van der Waals surface area (Å²) in [5.74, 6) is 0. The second kappa shape index (κ2) is 14.0. The fraction of sp³-hybridized carbons (Fsp3) is 0.933. The van der Waals surface area contributed by atoms with Crippen molar-refractivity contribution in [3.05, 3.63) is 6.17 Å². The molecule has 2 heteroatoms. The van der Waals surface area contributed by atoms with Crippen LogP contribution in [0.25, 0.3) is 0 Å². The Bertz CT molecular complexity index is 125. The number of rotatable bonds is 13. The molecule has 2 nitrogen and oxygen atoms in total. The fourth-order valence-electron chi connectivity index (χ4n) is 1.82. The third-order valence-electron chi connectivity index (χ3n) is 3.02. The summed E-state index contributed by atoms with van der Waals surface area (Å²) >= 11 is 0. The maximum Gasteiger partial charge on any atom is 0.101 e. The molecule has 0 aromatic heterocycles. The van der Waals surface area contributed by atoms with E-state index in [1.807, 2.05) is 0 Å². The van der Waals surface area contributed by atoms with Crippen LogP contribution in [0.1, 0.15) is 78.6 Å². The number of nitrogens with one attached hydrogen (secondary N) is 2. The summed E-state index contributed by atoms with van der Waals surface area (Å²) in [6, 6.07) is 0. The predicted molar refractivity (Wildman–Crippen MR) is 77.8 cm³/mol. The van der Waals surface area contributed by atoms with E-state index in [1.54, 1.807) is 0 Å². The minimum Gasteiger partial charge on any atom is -0.297 e. The number of hydrogen-bond acceptors (Lipinski definition) is 2. The van der Waals surface area contributed by atoms with Crippen LogP contribution in [0.5, 0.6) is 0 Å². The quantitative estimate of drug-likeness (QED) is 0.472. The molecule has 0 atom stereocenters. The highest BCUT2D eigenvalue weighted by Crippen LogP contribution is 2.05. The second-order valence-electron chi connectivity index (χ2n) is 4.85. The molecule has 0 heterocycles. The first-order chi connectivity index (χ1) is 8.35. The molecular formula is C15H33N2. The van der Waals surface area contributed by atoms with Gasteiger partial charge in [0.15, 0.2) is 0 Å². The Morgan fingerprint density at radius 2 is 1.12 bits per heavy atom. The summed E-state index contributed by atoms with van der Waals surface area (Å²) in [7, 11) is 0. The molecule has 1 radical (unpaired) electrons. The zero-order valence-corrected chi connectivity index (χ0v) is 12.3. The zero-order chi connectivity index (χ0) is 12.8. The molecule has 0 aliphatic carbocycles. The lowest BCUT2D eigenvalue weighted by Gasteiger charge is -2.19. The van der Waals surface area contributed by atoms with Gasteiger partial charge in [-0.05, 0) is 32.4 Å². The topological polar surface area (TPSA) is 24.1 Å². The van der Waals surface area contributed by atoms with Crippen LogP contribution in [0.3, 0.4) is 0 Å². The zero-order valence-electron chi connectivity index (χ0n) is 12.3. The summed E-state index contributed by atoms with van der Waals surface area (Å²) in [6.07, 6.45) is 13.0. The van der Waals surface area contributed by atoms with Gasteiger partial charge in [-0.3, -0.25) is 10.6 Å². The van der Waals surface area contributed by atoms with E-state index in [4.69, 9.17) is 0 Å². The van der Waals surface area contributed by atoms with E-state index in [0.29, 0.717) is 0 Å². The smallest absolute Gasteiger partial charge is 0.101 e. The monoisotopic (exact) mass is 241 g/mol. The third-order valence-corrected chi connectivity index (χ3v) is 3.02. The Hall–Kier alpha value is -0.0800. The van der Waals surface area contributed by atoms with Gasteiger partial charge < -0.3 is 0 Å². The van der Waals surface area contributed by atoms with Crippen LogP contribution in [-0.2, 0) is 0 Å². The van der Waals surface area contributed by atoms with E-state index in [1.165, 1.54) is 64.0 Å². The molecule has 2 N–H and O–H groups in total. The van der Waals surface area contributed by atoms with Crippen molar-refractivity contribution < 1.29 is 0 Å². The van der Waals surface area contributed by atoms with Crippen LogP contribution in [-0.4, -0.2) is 13.1 Å². The highest BCUT2D eigenvalue weighted by atomic mass is 15.1. The summed E-state index contributed by atoms with van der Waals surface area (Å²) < 4.78 is 0. The van der Waals surface area contributed by atoms with Gasteiger partial charge in [0.25, 0.3) is 0 Å². The number of unbranched alkanes of at least 4 members (excludes halogenated alkanes) is 5. The van der Waals surface area contributed by atoms with E-state index in [-0.39, 0.29) is 0 Å². The maximum absolute atomic E-state index is 3.57. The van der Waals surface area contributed by atoms with Crippen molar-refractivity contribution in [1.82, 2.24) is 10.6 Å². The van der Waals surface area contributed by atoms with Gasteiger partial charge in [-0.15, -0.1) is 0 Å². The van der Waals surface area contributed by atoms with Crippen molar-refractivity contribution in [3.8, 4) is 0 Å². The Labute approximate surface area is 109 Å². The summed E-state index contributed by atoms with van der Waals surface area (Å²) in [6.45, 7) is 9.03. The lowest BCUT2D eigenvalue weighted by molar-refractivity contribution is 0.488. The first kappa shape index (κ1) is 16.9. The molecule has 0 aromatic carbocycles. The van der Waals surface area contributed by atoms with Gasteiger partial charge in [-0.25, -0.2) is 0 Å². The lowest BCUT2D eigenvalue weighted by Crippen LogP contribution is -2.35. The molecule has 0 rings (SSSR count). The standard InChI is InChI=1S/C15H33N2/c1-4-7-10-13-16-15(12-9-6-3)17-14-11-8-5-2/h16-17H,4-14H2,1-3H3. The van der Waals surface area contributed by atoms with Crippen molar-refractivity contribution in [2.75, 3.05) is 13.1 Å². The molecule has 0 unspecified atom stereocenters. The van der Waals surface area contributed by atoms with Gasteiger partial charge in [0, 0.05) is 0 Å². The fourth-order valence-corrected chi connectivity index (χ4v) is 1.82. The first-order valence-electron chi connectivity index (χ1n) is 7.68. The molecule has 0 fully saturated rings. The largest absolute Gasteiger partial charge is 0.297 e. The number of hydrogen-bond donors (Lipinski definition) is 2. The van der Waals surface area contributed by atoms with E-state index in [9.17, 15) is 0 Å². The van der Waals surface area contributed by atoms with E-state index < -0.39 is 0 Å². The first-order valence-corrected chi connectivity index (χ1v) is 7.68. The van der Waals surface area contributed by atoms with Gasteiger partial charge in [0.1, 0.15) is 6.17 Å². The Balaban J connectivity index is 3.56. The summed E-state index contributed by atoms with van der Waals surface area (Å²) in [5, 5.41) is 7.14. The van der Waals surface area contributed by atoms with Gasteiger partial charge in [-0.2, -0.15) is 0 Å². The predicted octanol–water partition coefficient (Wildman–Crippen LogP) is 4.23. The minimum atomic E-state index is 1.13. The van der Waals surface area contributed by atoms with Crippen LogP contribution in [0, 0.1) is 6.17 Å². The van der Waals surface area contributed by atoms with Crippen molar-refractivity contribution >= 4 is 0 Å². The molecule has 0 aromatic rings.